The minimum Gasteiger partial charge on any atom is -0.388 e. The Bertz CT molecular complexity index is 249. The normalized spacial score (nSPS) is 31.5. The highest BCUT2D eigenvalue weighted by atomic mass is 16.5. The molecule has 2 atom stereocenters. The first-order valence-corrected chi connectivity index (χ1v) is 4.73. The summed E-state index contributed by atoms with van der Waals surface area (Å²) in [6.07, 6.45) is 1.96. The Morgan fingerprint density at radius 2 is 2.50 bits per heavy atom. The summed E-state index contributed by atoms with van der Waals surface area (Å²) in [5.41, 5.74) is -2.21. The lowest BCUT2D eigenvalue weighted by molar-refractivity contribution is -0.128. The zero-order chi connectivity index (χ0) is 10.7. The van der Waals surface area contributed by atoms with Crippen molar-refractivity contribution in [3.05, 3.63) is 0 Å². The highest BCUT2D eigenvalue weighted by molar-refractivity contribution is 5.52. The molecular formula is C10H15NO3. The molecular weight excluding hydrogens is 182 g/mol. The number of rotatable bonds is 3. The minimum absolute atomic E-state index is 0.0239. The largest absolute Gasteiger partial charge is 0.388 e. The van der Waals surface area contributed by atoms with Gasteiger partial charge in [0.2, 0.25) is 0 Å². The van der Waals surface area contributed by atoms with Crippen LogP contribution in [0, 0.1) is 16.7 Å². The second-order valence-electron chi connectivity index (χ2n) is 3.99. The number of ether oxygens (including phenoxy) is 1. The van der Waals surface area contributed by atoms with Crippen LogP contribution in [0.3, 0.4) is 0 Å². The first-order valence-electron chi connectivity index (χ1n) is 4.73. The van der Waals surface area contributed by atoms with Gasteiger partial charge in [0, 0.05) is 13.0 Å². The third-order valence-electron chi connectivity index (χ3n) is 2.97. The molecule has 2 unspecified atom stereocenters. The standard InChI is InChI=1S/C10H15NO3/c1-9(13,4-5-12)10(7-11)3-2-6-14-8-10/h5,13H,2-4,6,8H2,1H3. The third kappa shape index (κ3) is 1.79. The van der Waals surface area contributed by atoms with Gasteiger partial charge in [-0.05, 0) is 19.8 Å². The van der Waals surface area contributed by atoms with E-state index in [2.05, 4.69) is 6.07 Å². The van der Waals surface area contributed by atoms with Gasteiger partial charge in [-0.3, -0.25) is 0 Å². The van der Waals surface area contributed by atoms with E-state index < -0.39 is 11.0 Å². The van der Waals surface area contributed by atoms with Crippen molar-refractivity contribution in [2.75, 3.05) is 13.2 Å². The summed E-state index contributed by atoms with van der Waals surface area (Å²) in [6, 6.07) is 2.11. The van der Waals surface area contributed by atoms with Crippen molar-refractivity contribution >= 4 is 6.29 Å². The number of nitriles is 1. The van der Waals surface area contributed by atoms with E-state index in [1.54, 1.807) is 0 Å². The maximum Gasteiger partial charge on any atom is 0.122 e. The lowest BCUT2D eigenvalue weighted by atomic mass is 9.69. The second kappa shape index (κ2) is 4.07. The van der Waals surface area contributed by atoms with Crippen molar-refractivity contribution in [3.63, 3.8) is 0 Å². The molecule has 1 saturated heterocycles. The lowest BCUT2D eigenvalue weighted by Gasteiger charge is -2.41. The number of hydrogen-bond acceptors (Lipinski definition) is 4. The predicted molar refractivity (Wildman–Crippen MR) is 49.4 cm³/mol. The van der Waals surface area contributed by atoms with E-state index in [1.165, 1.54) is 6.92 Å². The molecule has 0 spiro atoms. The monoisotopic (exact) mass is 197 g/mol. The molecule has 1 rings (SSSR count). The Labute approximate surface area is 83.5 Å². The Balaban J connectivity index is 2.87. The van der Waals surface area contributed by atoms with Gasteiger partial charge in [0.15, 0.2) is 0 Å². The Morgan fingerprint density at radius 1 is 1.79 bits per heavy atom. The van der Waals surface area contributed by atoms with Crippen LogP contribution in [0.25, 0.3) is 0 Å². The molecule has 0 aromatic carbocycles. The maximum absolute atomic E-state index is 10.4. The van der Waals surface area contributed by atoms with Crippen molar-refractivity contribution < 1.29 is 14.6 Å². The van der Waals surface area contributed by atoms with E-state index in [0.717, 1.165) is 6.42 Å². The molecule has 4 nitrogen and oxygen atoms in total. The van der Waals surface area contributed by atoms with Crippen LogP contribution in [-0.2, 0) is 9.53 Å². The van der Waals surface area contributed by atoms with Crippen LogP contribution in [0.2, 0.25) is 0 Å². The molecule has 1 aliphatic rings. The fourth-order valence-electron chi connectivity index (χ4n) is 1.79. The quantitative estimate of drug-likeness (QED) is 0.674. The molecule has 0 saturated carbocycles. The second-order valence-corrected chi connectivity index (χ2v) is 3.99. The molecule has 0 aromatic rings. The zero-order valence-electron chi connectivity index (χ0n) is 8.32. The van der Waals surface area contributed by atoms with Gasteiger partial charge in [-0.2, -0.15) is 5.26 Å². The molecule has 1 heterocycles. The number of carbonyl (C=O) groups is 1. The maximum atomic E-state index is 10.4. The molecule has 0 amide bonds. The SMILES string of the molecule is CC(O)(CC=O)C1(C#N)CCCOC1. The van der Waals surface area contributed by atoms with Gasteiger partial charge in [-0.25, -0.2) is 0 Å². The fraction of sp³-hybridized carbons (Fsp3) is 0.800. The molecule has 0 bridgehead atoms. The number of aliphatic hydroxyl groups is 1. The summed E-state index contributed by atoms with van der Waals surface area (Å²) in [7, 11) is 0. The molecule has 14 heavy (non-hydrogen) atoms. The van der Waals surface area contributed by atoms with E-state index in [-0.39, 0.29) is 13.0 Å². The Kier molecular flexibility index (Phi) is 3.25. The summed E-state index contributed by atoms with van der Waals surface area (Å²) in [6.45, 7) is 2.37. The summed E-state index contributed by atoms with van der Waals surface area (Å²) < 4.78 is 5.21. The van der Waals surface area contributed by atoms with Crippen molar-refractivity contribution in [2.24, 2.45) is 5.41 Å². The topological polar surface area (TPSA) is 70.3 Å². The minimum atomic E-state index is -1.29. The Morgan fingerprint density at radius 3 is 2.93 bits per heavy atom. The van der Waals surface area contributed by atoms with Gasteiger partial charge in [0.25, 0.3) is 0 Å². The first-order chi connectivity index (χ1) is 6.58. The molecule has 1 aliphatic heterocycles. The smallest absolute Gasteiger partial charge is 0.122 e. The Hall–Kier alpha value is -0.920. The van der Waals surface area contributed by atoms with E-state index in [0.29, 0.717) is 19.3 Å². The van der Waals surface area contributed by atoms with E-state index in [4.69, 9.17) is 10.00 Å². The van der Waals surface area contributed by atoms with E-state index in [1.807, 2.05) is 0 Å². The molecule has 0 radical (unpaired) electrons. The molecule has 1 N–H and O–H groups in total. The molecule has 4 heteroatoms. The summed E-state index contributed by atoms with van der Waals surface area (Å²) in [5.74, 6) is 0. The van der Waals surface area contributed by atoms with Crippen LogP contribution < -0.4 is 0 Å². The van der Waals surface area contributed by atoms with Crippen LogP contribution in [0.15, 0.2) is 0 Å². The molecule has 78 valence electrons. The predicted octanol–water partition coefficient (Wildman–Crippen LogP) is 0.647. The highest BCUT2D eigenvalue weighted by Gasteiger charge is 2.48. The van der Waals surface area contributed by atoms with E-state index in [9.17, 15) is 9.90 Å². The van der Waals surface area contributed by atoms with Crippen LogP contribution in [0.5, 0.6) is 0 Å². The number of nitrogens with zero attached hydrogens (tertiary/aromatic N) is 1. The third-order valence-corrected chi connectivity index (χ3v) is 2.97. The lowest BCUT2D eigenvalue weighted by Crippen LogP contribution is -2.50. The van der Waals surface area contributed by atoms with Crippen LogP contribution >= 0.6 is 0 Å². The number of aldehydes is 1. The van der Waals surface area contributed by atoms with Crippen LogP contribution in [0.4, 0.5) is 0 Å². The zero-order valence-corrected chi connectivity index (χ0v) is 8.32. The molecule has 0 aliphatic carbocycles. The van der Waals surface area contributed by atoms with Gasteiger partial charge in [0.05, 0.1) is 18.3 Å². The average Bonchev–Trinajstić information content (AvgIpc) is 2.18. The van der Waals surface area contributed by atoms with Gasteiger partial charge in [-0.1, -0.05) is 0 Å². The van der Waals surface area contributed by atoms with Gasteiger partial charge in [-0.15, -0.1) is 0 Å². The van der Waals surface area contributed by atoms with Crippen molar-refractivity contribution in [1.82, 2.24) is 0 Å². The molecule has 0 aromatic heterocycles. The van der Waals surface area contributed by atoms with Crippen LogP contribution in [-0.4, -0.2) is 30.2 Å². The van der Waals surface area contributed by atoms with Gasteiger partial charge in [0.1, 0.15) is 11.7 Å². The highest BCUT2D eigenvalue weighted by Crippen LogP contribution is 2.40. The first kappa shape index (κ1) is 11.2. The summed E-state index contributed by atoms with van der Waals surface area (Å²) in [4.78, 5) is 10.4. The number of hydrogen-bond donors (Lipinski definition) is 1. The van der Waals surface area contributed by atoms with Crippen molar-refractivity contribution in [2.45, 2.75) is 31.8 Å². The van der Waals surface area contributed by atoms with Crippen molar-refractivity contribution in [3.8, 4) is 6.07 Å². The van der Waals surface area contributed by atoms with Gasteiger partial charge < -0.3 is 14.6 Å². The van der Waals surface area contributed by atoms with Crippen LogP contribution in [0.1, 0.15) is 26.2 Å². The summed E-state index contributed by atoms with van der Waals surface area (Å²) in [5, 5.41) is 19.2. The molecule has 1 fully saturated rings. The fourth-order valence-corrected chi connectivity index (χ4v) is 1.79. The summed E-state index contributed by atoms with van der Waals surface area (Å²) >= 11 is 0. The number of carbonyl (C=O) groups excluding carboxylic acids is 1. The van der Waals surface area contributed by atoms with Gasteiger partial charge >= 0.3 is 0 Å². The van der Waals surface area contributed by atoms with E-state index >= 15 is 0 Å². The average molecular weight is 197 g/mol. The van der Waals surface area contributed by atoms with Crippen molar-refractivity contribution in [1.29, 1.82) is 5.26 Å².